The van der Waals surface area contributed by atoms with Crippen LogP contribution in [-0.4, -0.2) is 30.9 Å². The quantitative estimate of drug-likeness (QED) is 0.731. The third-order valence-corrected chi connectivity index (χ3v) is 6.05. The fourth-order valence-electron chi connectivity index (χ4n) is 3.17. The standard InChI is InChI=1S/C20H19N3O4S/c1-14-3-2-4-18(11-14)28(25,26)22-17-7-5-15(6-8-17)20(24)23-10-9-19-16(13-23)12-21-27-19/h2-8,11-12,22H,9-10,13H2,1H3. The molecule has 3 aromatic rings. The Kier molecular flexibility index (Phi) is 4.64. The van der Waals surface area contributed by atoms with Crippen LogP contribution < -0.4 is 4.72 Å². The van der Waals surface area contributed by atoms with Gasteiger partial charge in [0.15, 0.2) is 0 Å². The average Bonchev–Trinajstić information content (AvgIpc) is 3.15. The summed E-state index contributed by atoms with van der Waals surface area (Å²) in [5.41, 5.74) is 2.68. The second kappa shape index (κ2) is 7.12. The predicted molar refractivity (Wildman–Crippen MR) is 103 cm³/mol. The molecule has 1 N–H and O–H groups in total. The van der Waals surface area contributed by atoms with Crippen molar-refractivity contribution in [2.75, 3.05) is 11.3 Å². The second-order valence-electron chi connectivity index (χ2n) is 6.75. The Morgan fingerprint density at radius 2 is 1.96 bits per heavy atom. The number of amides is 1. The minimum absolute atomic E-state index is 0.111. The summed E-state index contributed by atoms with van der Waals surface area (Å²) in [5.74, 6) is 0.713. The van der Waals surface area contributed by atoms with E-state index in [9.17, 15) is 13.2 Å². The van der Waals surface area contributed by atoms with Crippen molar-refractivity contribution in [2.45, 2.75) is 24.8 Å². The Morgan fingerprint density at radius 3 is 2.71 bits per heavy atom. The first-order chi connectivity index (χ1) is 13.4. The largest absolute Gasteiger partial charge is 0.361 e. The van der Waals surface area contributed by atoms with Crippen molar-refractivity contribution in [3.05, 3.63) is 77.2 Å². The summed E-state index contributed by atoms with van der Waals surface area (Å²) in [6.45, 7) is 2.85. The number of hydrogen-bond acceptors (Lipinski definition) is 5. The molecule has 1 aliphatic heterocycles. The number of anilines is 1. The van der Waals surface area contributed by atoms with Crippen molar-refractivity contribution >= 4 is 21.6 Å². The Bertz CT molecular complexity index is 1120. The zero-order chi connectivity index (χ0) is 19.7. The lowest BCUT2D eigenvalue weighted by molar-refractivity contribution is 0.0729. The zero-order valence-corrected chi connectivity index (χ0v) is 16.1. The zero-order valence-electron chi connectivity index (χ0n) is 15.3. The predicted octanol–water partition coefficient (Wildman–Crippen LogP) is 2.98. The van der Waals surface area contributed by atoms with Gasteiger partial charge in [0.05, 0.1) is 17.6 Å². The maximum absolute atomic E-state index is 12.7. The second-order valence-corrected chi connectivity index (χ2v) is 8.43. The molecule has 0 fully saturated rings. The van der Waals surface area contributed by atoms with Gasteiger partial charge in [-0.05, 0) is 48.9 Å². The van der Waals surface area contributed by atoms with Crippen molar-refractivity contribution in [1.29, 1.82) is 0 Å². The number of carbonyl (C=O) groups is 1. The highest BCUT2D eigenvalue weighted by atomic mass is 32.2. The maximum atomic E-state index is 12.7. The Labute approximate surface area is 163 Å². The van der Waals surface area contributed by atoms with Crippen molar-refractivity contribution < 1.29 is 17.7 Å². The molecule has 0 aliphatic carbocycles. The lowest BCUT2D eigenvalue weighted by atomic mass is 10.1. The molecular weight excluding hydrogens is 378 g/mol. The Morgan fingerprint density at radius 1 is 1.18 bits per heavy atom. The number of sulfonamides is 1. The van der Waals surface area contributed by atoms with Gasteiger partial charge in [0.1, 0.15) is 5.76 Å². The minimum Gasteiger partial charge on any atom is -0.361 e. The molecule has 1 aromatic heterocycles. The number of rotatable bonds is 4. The van der Waals surface area contributed by atoms with Crippen LogP contribution >= 0.6 is 0 Å². The van der Waals surface area contributed by atoms with E-state index in [-0.39, 0.29) is 10.8 Å². The molecule has 8 heteroatoms. The van der Waals surface area contributed by atoms with Crippen LogP contribution in [0, 0.1) is 6.92 Å². The van der Waals surface area contributed by atoms with Crippen LogP contribution in [0.4, 0.5) is 5.69 Å². The molecule has 144 valence electrons. The summed E-state index contributed by atoms with van der Waals surface area (Å²) < 4.78 is 32.7. The minimum atomic E-state index is -3.68. The van der Waals surface area contributed by atoms with Gasteiger partial charge in [0.2, 0.25) is 0 Å². The van der Waals surface area contributed by atoms with E-state index in [1.54, 1.807) is 53.6 Å². The number of benzene rings is 2. The number of fused-ring (bicyclic) bond motifs is 1. The van der Waals surface area contributed by atoms with Crippen LogP contribution in [0.2, 0.25) is 0 Å². The van der Waals surface area contributed by atoms with Gasteiger partial charge in [-0.1, -0.05) is 17.3 Å². The van der Waals surface area contributed by atoms with Crippen LogP contribution in [0.15, 0.2) is 64.1 Å². The van der Waals surface area contributed by atoms with Crippen molar-refractivity contribution in [3.8, 4) is 0 Å². The molecule has 4 rings (SSSR count). The van der Waals surface area contributed by atoms with E-state index in [0.29, 0.717) is 30.8 Å². The molecule has 7 nitrogen and oxygen atoms in total. The number of aryl methyl sites for hydroxylation is 1. The lowest BCUT2D eigenvalue weighted by Crippen LogP contribution is -2.35. The maximum Gasteiger partial charge on any atom is 0.261 e. The van der Waals surface area contributed by atoms with Crippen molar-refractivity contribution in [1.82, 2.24) is 10.1 Å². The van der Waals surface area contributed by atoms with Crippen LogP contribution in [0.3, 0.4) is 0 Å². The monoisotopic (exact) mass is 397 g/mol. The molecule has 0 atom stereocenters. The smallest absolute Gasteiger partial charge is 0.261 e. The van der Waals surface area contributed by atoms with Crippen LogP contribution in [0.5, 0.6) is 0 Å². The molecule has 0 bridgehead atoms. The molecule has 0 radical (unpaired) electrons. The number of aromatic nitrogens is 1. The van der Waals surface area contributed by atoms with Crippen LogP contribution in [0.1, 0.15) is 27.2 Å². The van der Waals surface area contributed by atoms with E-state index in [1.165, 1.54) is 0 Å². The number of carbonyl (C=O) groups excluding carboxylic acids is 1. The number of hydrogen-bond donors (Lipinski definition) is 1. The van der Waals surface area contributed by atoms with E-state index < -0.39 is 10.0 Å². The molecule has 0 saturated carbocycles. The average molecular weight is 397 g/mol. The highest BCUT2D eigenvalue weighted by Crippen LogP contribution is 2.22. The highest BCUT2D eigenvalue weighted by molar-refractivity contribution is 7.92. The van der Waals surface area contributed by atoms with Crippen LogP contribution in [0.25, 0.3) is 0 Å². The number of nitrogens with one attached hydrogen (secondary N) is 1. The molecule has 1 aliphatic rings. The fraction of sp³-hybridized carbons (Fsp3) is 0.200. The highest BCUT2D eigenvalue weighted by Gasteiger charge is 2.24. The molecule has 0 saturated heterocycles. The first-order valence-electron chi connectivity index (χ1n) is 8.84. The summed E-state index contributed by atoms with van der Waals surface area (Å²) in [4.78, 5) is 14.7. The fourth-order valence-corrected chi connectivity index (χ4v) is 4.34. The molecule has 0 unspecified atom stereocenters. The van der Waals surface area contributed by atoms with E-state index in [1.807, 2.05) is 13.0 Å². The van der Waals surface area contributed by atoms with Gasteiger partial charge >= 0.3 is 0 Å². The van der Waals surface area contributed by atoms with Gasteiger partial charge in [0.25, 0.3) is 15.9 Å². The summed E-state index contributed by atoms with van der Waals surface area (Å²) in [5, 5.41) is 3.77. The van der Waals surface area contributed by atoms with Crippen LogP contribution in [-0.2, 0) is 23.0 Å². The van der Waals surface area contributed by atoms with Gasteiger partial charge in [-0.15, -0.1) is 0 Å². The summed E-state index contributed by atoms with van der Waals surface area (Å²) in [6.07, 6.45) is 2.27. The first-order valence-corrected chi connectivity index (χ1v) is 10.3. The van der Waals surface area contributed by atoms with Gasteiger partial charge in [0, 0.05) is 29.8 Å². The third kappa shape index (κ3) is 3.63. The lowest BCUT2D eigenvalue weighted by Gasteiger charge is -2.25. The van der Waals surface area contributed by atoms with E-state index >= 15 is 0 Å². The van der Waals surface area contributed by atoms with E-state index in [0.717, 1.165) is 16.9 Å². The molecule has 1 amide bonds. The summed E-state index contributed by atoms with van der Waals surface area (Å²) in [7, 11) is -3.68. The Hall–Kier alpha value is -3.13. The summed E-state index contributed by atoms with van der Waals surface area (Å²) in [6, 6.07) is 13.1. The molecular formula is C20H19N3O4S. The summed E-state index contributed by atoms with van der Waals surface area (Å²) >= 11 is 0. The SMILES string of the molecule is Cc1cccc(S(=O)(=O)Nc2ccc(C(=O)N3CCc4oncc4C3)cc2)c1. The molecule has 28 heavy (non-hydrogen) atoms. The van der Waals surface area contributed by atoms with Gasteiger partial charge in [-0.2, -0.15) is 0 Å². The van der Waals surface area contributed by atoms with Crippen molar-refractivity contribution in [3.63, 3.8) is 0 Å². The molecule has 0 spiro atoms. The van der Waals surface area contributed by atoms with Gasteiger partial charge in [-0.3, -0.25) is 9.52 Å². The van der Waals surface area contributed by atoms with Gasteiger partial charge in [-0.25, -0.2) is 8.42 Å². The molecule has 2 heterocycles. The number of nitrogens with zero attached hydrogens (tertiary/aromatic N) is 2. The van der Waals surface area contributed by atoms with Gasteiger partial charge < -0.3 is 9.42 Å². The first kappa shape index (κ1) is 18.2. The van der Waals surface area contributed by atoms with Crippen molar-refractivity contribution in [2.24, 2.45) is 0 Å². The topological polar surface area (TPSA) is 92.5 Å². The van der Waals surface area contributed by atoms with E-state index in [4.69, 9.17) is 4.52 Å². The normalized spacial score (nSPS) is 13.8. The molecule has 2 aromatic carbocycles. The van der Waals surface area contributed by atoms with E-state index in [2.05, 4.69) is 9.88 Å². The Balaban J connectivity index is 1.47. The third-order valence-electron chi connectivity index (χ3n) is 4.67.